The molecule has 3 N–H and O–H groups in total. The second-order valence-corrected chi connectivity index (χ2v) is 4.09. The summed E-state index contributed by atoms with van der Waals surface area (Å²) < 4.78 is 0. The number of fused-ring (bicyclic) bond motifs is 3. The number of rotatable bonds is 1. The molecule has 82 valence electrons. The van der Waals surface area contributed by atoms with E-state index in [1.54, 1.807) is 6.08 Å². The quantitative estimate of drug-likeness (QED) is 0.638. The third kappa shape index (κ3) is 1.32. The Bertz CT molecular complexity index is 554. The lowest BCUT2D eigenvalue weighted by Gasteiger charge is -2.12. The maximum absolute atomic E-state index is 8.88. The molecule has 2 heterocycles. The lowest BCUT2D eigenvalue weighted by Crippen LogP contribution is -2.22. The molecule has 1 aliphatic heterocycles. The topological polar surface area (TPSA) is 48.0 Å². The van der Waals surface area contributed by atoms with Crippen molar-refractivity contribution < 1.29 is 5.11 Å². The molecule has 1 aromatic heterocycles. The number of aromatic amines is 1. The minimum atomic E-state index is 0.932. The van der Waals surface area contributed by atoms with Gasteiger partial charge in [-0.25, -0.2) is 0 Å². The second-order valence-electron chi connectivity index (χ2n) is 4.09. The fourth-order valence-corrected chi connectivity index (χ4v) is 2.41. The normalized spacial score (nSPS) is 15.8. The van der Waals surface area contributed by atoms with Crippen LogP contribution in [0.3, 0.4) is 0 Å². The van der Waals surface area contributed by atoms with Crippen molar-refractivity contribution in [2.24, 2.45) is 0 Å². The fraction of sp³-hybridized carbons (Fsp3) is 0.231. The standard InChI is InChI=1S/C13H14N2O/c16-7-5-9-2-1-3-10-11-8-14-6-4-12(11)15-13(9)10/h1-3,5,7,14-16H,4,6,8H2/b7-5+. The van der Waals surface area contributed by atoms with Gasteiger partial charge in [0.2, 0.25) is 0 Å². The highest BCUT2D eigenvalue weighted by Gasteiger charge is 2.15. The summed E-state index contributed by atoms with van der Waals surface area (Å²) in [5, 5.41) is 13.5. The minimum absolute atomic E-state index is 0.932. The van der Waals surface area contributed by atoms with Crippen LogP contribution in [0.2, 0.25) is 0 Å². The third-order valence-electron chi connectivity index (χ3n) is 3.17. The van der Waals surface area contributed by atoms with Crippen molar-refractivity contribution in [3.63, 3.8) is 0 Å². The van der Waals surface area contributed by atoms with Crippen molar-refractivity contribution in [3.8, 4) is 0 Å². The summed E-state index contributed by atoms with van der Waals surface area (Å²) in [6.45, 7) is 1.96. The molecule has 3 heteroatoms. The molecule has 0 unspecified atom stereocenters. The van der Waals surface area contributed by atoms with Crippen LogP contribution in [0.1, 0.15) is 16.8 Å². The van der Waals surface area contributed by atoms with Gasteiger partial charge in [0.05, 0.1) is 11.8 Å². The Morgan fingerprint density at radius 2 is 2.25 bits per heavy atom. The lowest BCUT2D eigenvalue weighted by atomic mass is 10.0. The Hall–Kier alpha value is -1.74. The molecule has 3 nitrogen and oxygen atoms in total. The number of nitrogens with one attached hydrogen (secondary N) is 2. The zero-order valence-corrected chi connectivity index (χ0v) is 8.96. The maximum Gasteiger partial charge on any atom is 0.0798 e. The Labute approximate surface area is 93.8 Å². The molecule has 0 spiro atoms. The molecule has 0 atom stereocenters. The molecule has 0 bridgehead atoms. The molecule has 0 saturated heterocycles. The maximum atomic E-state index is 8.88. The van der Waals surface area contributed by atoms with Crippen LogP contribution in [-0.2, 0) is 13.0 Å². The van der Waals surface area contributed by atoms with E-state index in [0.29, 0.717) is 0 Å². The largest absolute Gasteiger partial charge is 0.516 e. The molecule has 0 saturated carbocycles. The number of aromatic nitrogens is 1. The molecule has 0 amide bonds. The van der Waals surface area contributed by atoms with Crippen LogP contribution in [0.4, 0.5) is 0 Å². The van der Waals surface area contributed by atoms with E-state index in [0.717, 1.165) is 36.9 Å². The first-order chi connectivity index (χ1) is 7.90. The Morgan fingerprint density at radius 1 is 1.31 bits per heavy atom. The molecule has 1 aliphatic rings. The molecule has 3 rings (SSSR count). The Kier molecular flexibility index (Phi) is 2.18. The average Bonchev–Trinajstić information content (AvgIpc) is 2.69. The van der Waals surface area contributed by atoms with Gasteiger partial charge in [0.1, 0.15) is 0 Å². The van der Waals surface area contributed by atoms with Crippen LogP contribution in [-0.4, -0.2) is 16.6 Å². The smallest absolute Gasteiger partial charge is 0.0798 e. The predicted molar refractivity (Wildman–Crippen MR) is 65.4 cm³/mol. The first-order valence-electron chi connectivity index (χ1n) is 5.54. The van der Waals surface area contributed by atoms with Crippen molar-refractivity contribution in [1.82, 2.24) is 10.3 Å². The van der Waals surface area contributed by atoms with Crippen molar-refractivity contribution >= 4 is 17.0 Å². The molecule has 0 aliphatic carbocycles. The van der Waals surface area contributed by atoms with Crippen molar-refractivity contribution in [2.75, 3.05) is 6.54 Å². The highest BCUT2D eigenvalue weighted by atomic mass is 16.2. The average molecular weight is 214 g/mol. The zero-order chi connectivity index (χ0) is 11.0. The zero-order valence-electron chi connectivity index (χ0n) is 8.96. The predicted octanol–water partition coefficient (Wildman–Crippen LogP) is 2.34. The summed E-state index contributed by atoms with van der Waals surface area (Å²) in [6, 6.07) is 6.16. The molecule has 16 heavy (non-hydrogen) atoms. The first kappa shape index (κ1) is 9.48. The summed E-state index contributed by atoms with van der Waals surface area (Å²) in [4.78, 5) is 3.47. The molecule has 0 fully saturated rings. The van der Waals surface area contributed by atoms with Crippen molar-refractivity contribution in [3.05, 3.63) is 41.3 Å². The van der Waals surface area contributed by atoms with Gasteiger partial charge < -0.3 is 15.4 Å². The van der Waals surface area contributed by atoms with E-state index in [2.05, 4.69) is 16.4 Å². The molecular formula is C13H14N2O. The van der Waals surface area contributed by atoms with E-state index in [-0.39, 0.29) is 0 Å². The number of aliphatic hydroxyl groups excluding tert-OH is 1. The van der Waals surface area contributed by atoms with Gasteiger partial charge in [0.15, 0.2) is 0 Å². The Morgan fingerprint density at radius 3 is 3.12 bits per heavy atom. The number of para-hydroxylation sites is 1. The summed E-state index contributed by atoms with van der Waals surface area (Å²) in [5.41, 5.74) is 4.86. The highest BCUT2D eigenvalue weighted by Crippen LogP contribution is 2.27. The summed E-state index contributed by atoms with van der Waals surface area (Å²) >= 11 is 0. The second kappa shape index (κ2) is 3.68. The van der Waals surface area contributed by atoms with E-state index in [9.17, 15) is 0 Å². The molecular weight excluding hydrogens is 200 g/mol. The van der Waals surface area contributed by atoms with Gasteiger partial charge in [-0.2, -0.15) is 0 Å². The van der Waals surface area contributed by atoms with Gasteiger partial charge in [-0.1, -0.05) is 18.2 Å². The fourth-order valence-electron chi connectivity index (χ4n) is 2.41. The van der Waals surface area contributed by atoms with Gasteiger partial charge in [-0.3, -0.25) is 0 Å². The Balaban J connectivity index is 2.29. The third-order valence-corrected chi connectivity index (χ3v) is 3.17. The van der Waals surface area contributed by atoms with Gasteiger partial charge in [-0.15, -0.1) is 0 Å². The van der Waals surface area contributed by atoms with Crippen LogP contribution in [0.25, 0.3) is 17.0 Å². The van der Waals surface area contributed by atoms with Crippen LogP contribution in [0.15, 0.2) is 24.5 Å². The molecule has 0 radical (unpaired) electrons. The monoisotopic (exact) mass is 214 g/mol. The van der Waals surface area contributed by atoms with Crippen LogP contribution < -0.4 is 5.32 Å². The van der Waals surface area contributed by atoms with Crippen molar-refractivity contribution in [2.45, 2.75) is 13.0 Å². The van der Waals surface area contributed by atoms with E-state index in [1.165, 1.54) is 16.6 Å². The minimum Gasteiger partial charge on any atom is -0.516 e. The van der Waals surface area contributed by atoms with Gasteiger partial charge in [0, 0.05) is 36.2 Å². The number of benzene rings is 1. The summed E-state index contributed by atoms with van der Waals surface area (Å²) in [7, 11) is 0. The summed E-state index contributed by atoms with van der Waals surface area (Å²) in [6.07, 6.45) is 3.86. The van der Waals surface area contributed by atoms with Gasteiger partial charge in [0.25, 0.3) is 0 Å². The van der Waals surface area contributed by atoms with E-state index in [1.807, 2.05) is 12.1 Å². The number of hydrogen-bond donors (Lipinski definition) is 3. The van der Waals surface area contributed by atoms with Gasteiger partial charge >= 0.3 is 0 Å². The van der Waals surface area contributed by atoms with E-state index in [4.69, 9.17) is 5.11 Å². The highest BCUT2D eigenvalue weighted by molar-refractivity contribution is 5.91. The molecule has 1 aromatic carbocycles. The summed E-state index contributed by atoms with van der Waals surface area (Å²) in [5.74, 6) is 0. The van der Waals surface area contributed by atoms with Gasteiger partial charge in [-0.05, 0) is 11.6 Å². The molecule has 2 aromatic rings. The number of hydrogen-bond acceptors (Lipinski definition) is 2. The van der Waals surface area contributed by atoms with E-state index < -0.39 is 0 Å². The van der Waals surface area contributed by atoms with E-state index >= 15 is 0 Å². The SMILES string of the molecule is O/C=C/c1cccc2c3c([nH]c12)CCNC3. The lowest BCUT2D eigenvalue weighted by molar-refractivity contribution is 0.478. The first-order valence-corrected chi connectivity index (χ1v) is 5.54. The number of H-pyrrole nitrogens is 1. The number of aliphatic hydroxyl groups is 1. The van der Waals surface area contributed by atoms with Crippen molar-refractivity contribution in [1.29, 1.82) is 0 Å². The van der Waals surface area contributed by atoms with Crippen LogP contribution in [0, 0.1) is 0 Å². The van der Waals surface area contributed by atoms with Crippen LogP contribution >= 0.6 is 0 Å². The van der Waals surface area contributed by atoms with Crippen LogP contribution in [0.5, 0.6) is 0 Å².